The highest BCUT2D eigenvalue weighted by molar-refractivity contribution is 6.22. The van der Waals surface area contributed by atoms with Crippen molar-refractivity contribution in [1.82, 2.24) is 5.32 Å². The molecule has 0 aromatic heterocycles. The van der Waals surface area contributed by atoms with Crippen molar-refractivity contribution in [2.75, 3.05) is 37.4 Å². The third kappa shape index (κ3) is 4.53. The van der Waals surface area contributed by atoms with Gasteiger partial charge in [0, 0.05) is 37.7 Å². The predicted molar refractivity (Wildman–Crippen MR) is 142 cm³/mol. The average Bonchev–Trinajstić information content (AvgIpc) is 2.85. The fraction of sp³-hybridized carbons (Fsp3) is 0.481. The third-order valence-electron chi connectivity index (χ3n) is 7.79. The molecule has 2 amide bonds. The Labute approximate surface area is 225 Å². The first-order chi connectivity index (χ1) is 18.3. The molecule has 1 fully saturated rings. The minimum atomic E-state index is -2.63. The van der Waals surface area contributed by atoms with Gasteiger partial charge in [-0.1, -0.05) is 13.3 Å². The summed E-state index contributed by atoms with van der Waals surface area (Å²) in [6.45, 7) is 2.68. The lowest BCUT2D eigenvalue weighted by molar-refractivity contribution is -0.147. The van der Waals surface area contributed by atoms with Crippen LogP contribution in [0.1, 0.15) is 43.7 Å². The zero-order valence-electron chi connectivity index (χ0n) is 22.1. The number of phenolic OH excluding ortho intramolecular Hbond substituents is 1. The van der Waals surface area contributed by atoms with Gasteiger partial charge in [0.1, 0.15) is 22.8 Å². The van der Waals surface area contributed by atoms with E-state index in [-0.39, 0.29) is 42.6 Å². The number of benzene rings is 1. The van der Waals surface area contributed by atoms with Crippen molar-refractivity contribution in [3.63, 3.8) is 0 Å². The average molecular weight is 543 g/mol. The van der Waals surface area contributed by atoms with Gasteiger partial charge in [0.25, 0.3) is 5.91 Å². The zero-order valence-corrected chi connectivity index (χ0v) is 22.1. The minimum absolute atomic E-state index is 0.00238. The molecular formula is C27H34N4O8. The molecule has 12 nitrogen and oxygen atoms in total. The first-order valence-electron chi connectivity index (χ1n) is 12.9. The van der Waals surface area contributed by atoms with Gasteiger partial charge < -0.3 is 41.7 Å². The molecule has 39 heavy (non-hydrogen) atoms. The Hall–Kier alpha value is -3.90. The van der Waals surface area contributed by atoms with Crippen LogP contribution < -0.4 is 21.3 Å². The number of anilines is 2. The molecule has 1 saturated carbocycles. The Bertz CT molecular complexity index is 1330. The number of nitrogens with two attached hydrogens (primary N) is 1. The number of phenols is 1. The number of carbonyl (C=O) groups is 4. The molecule has 0 spiro atoms. The topological polar surface area (TPSA) is 203 Å². The van der Waals surface area contributed by atoms with E-state index < -0.39 is 63.7 Å². The maximum atomic E-state index is 13.7. The zero-order chi connectivity index (χ0) is 28.8. The molecule has 3 atom stereocenters. The van der Waals surface area contributed by atoms with Crippen LogP contribution in [-0.2, 0) is 25.6 Å². The van der Waals surface area contributed by atoms with Crippen molar-refractivity contribution < 1.29 is 39.6 Å². The normalized spacial score (nSPS) is 24.2. The summed E-state index contributed by atoms with van der Waals surface area (Å²) in [4.78, 5) is 52.3. The van der Waals surface area contributed by atoms with Crippen molar-refractivity contribution in [3.8, 4) is 5.75 Å². The van der Waals surface area contributed by atoms with Gasteiger partial charge in [0.2, 0.25) is 11.7 Å². The summed E-state index contributed by atoms with van der Waals surface area (Å²) in [5.41, 5.74) is 2.54. The van der Waals surface area contributed by atoms with Crippen LogP contribution in [0.3, 0.4) is 0 Å². The number of Topliss-reactive ketones (excluding diaryl/α,β-unsaturated/α-hetero) is 2. The Morgan fingerprint density at radius 3 is 2.49 bits per heavy atom. The quantitative estimate of drug-likeness (QED) is 0.140. The second-order valence-electron chi connectivity index (χ2n) is 10.5. The van der Waals surface area contributed by atoms with E-state index in [4.69, 9.17) is 5.73 Å². The van der Waals surface area contributed by atoms with E-state index in [1.54, 1.807) is 25.1 Å². The Balaban J connectivity index is 1.81. The molecule has 4 rings (SSSR count). The Morgan fingerprint density at radius 2 is 1.87 bits per heavy atom. The summed E-state index contributed by atoms with van der Waals surface area (Å²) in [7, 11) is 3.50. The van der Waals surface area contributed by atoms with Gasteiger partial charge in [0.05, 0.1) is 17.8 Å². The Morgan fingerprint density at radius 1 is 1.18 bits per heavy atom. The highest BCUT2D eigenvalue weighted by atomic mass is 16.3. The van der Waals surface area contributed by atoms with Crippen LogP contribution in [-0.4, -0.2) is 76.6 Å². The highest BCUT2D eigenvalue weighted by Crippen LogP contribution is 2.54. The summed E-state index contributed by atoms with van der Waals surface area (Å²) in [6.07, 6.45) is 1.68. The minimum Gasteiger partial charge on any atom is -0.508 e. The summed E-state index contributed by atoms with van der Waals surface area (Å²) in [6, 6.07) is 1.58. The molecule has 1 aromatic carbocycles. The third-order valence-corrected chi connectivity index (χ3v) is 7.79. The van der Waals surface area contributed by atoms with E-state index in [1.807, 2.05) is 6.92 Å². The molecule has 1 aromatic rings. The molecule has 210 valence electrons. The van der Waals surface area contributed by atoms with E-state index in [0.29, 0.717) is 17.8 Å². The van der Waals surface area contributed by atoms with Gasteiger partial charge in [-0.25, -0.2) is 0 Å². The van der Waals surface area contributed by atoms with Crippen LogP contribution in [0, 0.1) is 11.8 Å². The van der Waals surface area contributed by atoms with Crippen molar-refractivity contribution >= 4 is 40.5 Å². The molecule has 3 aliphatic carbocycles. The second kappa shape index (κ2) is 10.3. The van der Waals surface area contributed by atoms with Gasteiger partial charge >= 0.3 is 0 Å². The molecule has 0 radical (unpaired) electrons. The van der Waals surface area contributed by atoms with Gasteiger partial charge in [-0.15, -0.1) is 0 Å². The number of rotatable bonds is 8. The lowest BCUT2D eigenvalue weighted by Crippen LogP contribution is -2.58. The first kappa shape index (κ1) is 28.1. The fourth-order valence-electron chi connectivity index (χ4n) is 5.86. The number of aliphatic hydroxyl groups excluding tert-OH is 2. The molecule has 0 unspecified atom stereocenters. The van der Waals surface area contributed by atoms with Gasteiger partial charge in [0.15, 0.2) is 11.4 Å². The van der Waals surface area contributed by atoms with Crippen molar-refractivity contribution in [2.45, 2.75) is 44.6 Å². The van der Waals surface area contributed by atoms with E-state index in [0.717, 1.165) is 12.8 Å². The number of primary amides is 1. The van der Waals surface area contributed by atoms with Gasteiger partial charge in [-0.05, 0) is 43.4 Å². The first-order valence-corrected chi connectivity index (χ1v) is 12.9. The summed E-state index contributed by atoms with van der Waals surface area (Å²) in [5.74, 6) is -7.42. The number of aliphatic hydroxyl groups is 3. The number of hydrogen-bond donors (Lipinski definition) is 7. The van der Waals surface area contributed by atoms with Crippen molar-refractivity contribution in [2.24, 2.45) is 17.6 Å². The highest BCUT2D eigenvalue weighted by Gasteiger charge is 2.60. The number of fused-ring (bicyclic) bond motifs is 3. The van der Waals surface area contributed by atoms with Crippen LogP contribution in [0.5, 0.6) is 5.75 Å². The second-order valence-corrected chi connectivity index (χ2v) is 10.5. The van der Waals surface area contributed by atoms with Crippen LogP contribution in [0.15, 0.2) is 23.0 Å². The SMILES string of the molecule is CCCCNCC(=O)Nc1cc(N(C)C)c2c(c1O)C(O)=C1C(=O)[C@]3(O)C(O)=C(C(N)=O)C(=O)C[C@@H]3C[C@@H]1C2. The number of unbranched alkanes of at least 4 members (excludes halogenated alkanes) is 1. The largest absolute Gasteiger partial charge is 0.508 e. The number of aromatic hydroxyl groups is 1. The number of amides is 2. The lowest BCUT2D eigenvalue weighted by atomic mass is 9.59. The predicted octanol–water partition coefficient (Wildman–Crippen LogP) is 0.818. The fourth-order valence-corrected chi connectivity index (χ4v) is 5.86. The molecule has 0 heterocycles. The van der Waals surface area contributed by atoms with Crippen molar-refractivity contribution in [3.05, 3.63) is 34.1 Å². The maximum Gasteiger partial charge on any atom is 0.255 e. The Kier molecular flexibility index (Phi) is 7.46. The maximum absolute atomic E-state index is 13.7. The number of hydrogen-bond acceptors (Lipinski definition) is 10. The van der Waals surface area contributed by atoms with E-state index in [9.17, 15) is 39.6 Å². The smallest absolute Gasteiger partial charge is 0.255 e. The summed E-state index contributed by atoms with van der Waals surface area (Å²) < 4.78 is 0. The molecule has 0 saturated heterocycles. The molecule has 3 aliphatic rings. The van der Waals surface area contributed by atoms with Crippen LogP contribution in [0.4, 0.5) is 11.4 Å². The lowest BCUT2D eigenvalue weighted by Gasteiger charge is -2.46. The number of ketones is 2. The molecular weight excluding hydrogens is 508 g/mol. The standard InChI is InChI=1S/C27H34N4O8/c1-4-5-6-29-11-18(33)30-15-10-16(31(2)3)14-8-12-7-13-9-17(32)21(26(28)38)25(37)27(13,39)24(36)19(12)23(35)20(14)22(15)34/h10,12-13,29,34-35,37,39H,4-9,11H2,1-3H3,(H2,28,38)(H,30,33)/t12-,13+,27+/m1/s1. The van der Waals surface area contributed by atoms with Crippen LogP contribution in [0.25, 0.3) is 5.76 Å². The number of carbonyl (C=O) groups excluding carboxylic acids is 4. The number of nitrogens with zero attached hydrogens (tertiary/aromatic N) is 1. The molecule has 0 aliphatic heterocycles. The molecule has 0 bridgehead atoms. The summed E-state index contributed by atoms with van der Waals surface area (Å²) >= 11 is 0. The van der Waals surface area contributed by atoms with E-state index in [2.05, 4.69) is 10.6 Å². The van der Waals surface area contributed by atoms with Crippen LogP contribution >= 0.6 is 0 Å². The number of nitrogens with one attached hydrogen (secondary N) is 2. The monoisotopic (exact) mass is 542 g/mol. The van der Waals surface area contributed by atoms with Gasteiger partial charge in [-0.3, -0.25) is 19.2 Å². The van der Waals surface area contributed by atoms with Crippen LogP contribution in [0.2, 0.25) is 0 Å². The van der Waals surface area contributed by atoms with Crippen molar-refractivity contribution in [1.29, 1.82) is 0 Å². The molecule has 12 heteroatoms. The van der Waals surface area contributed by atoms with Gasteiger partial charge in [-0.2, -0.15) is 0 Å². The summed E-state index contributed by atoms with van der Waals surface area (Å²) in [5, 5.41) is 50.3. The molecule has 8 N–H and O–H groups in total. The van der Waals surface area contributed by atoms with E-state index in [1.165, 1.54) is 0 Å². The van der Waals surface area contributed by atoms with E-state index >= 15 is 0 Å².